The van der Waals surface area contributed by atoms with Gasteiger partial charge in [-0.3, -0.25) is 4.90 Å². The van der Waals surface area contributed by atoms with Crippen molar-refractivity contribution < 1.29 is 4.74 Å². The van der Waals surface area contributed by atoms with E-state index in [1.54, 1.807) is 0 Å². The van der Waals surface area contributed by atoms with Crippen LogP contribution in [0.15, 0.2) is 54.6 Å². The fourth-order valence-electron chi connectivity index (χ4n) is 4.56. The summed E-state index contributed by atoms with van der Waals surface area (Å²) in [5.41, 5.74) is 2.70. The van der Waals surface area contributed by atoms with Crippen LogP contribution in [0.4, 0.5) is 0 Å². The summed E-state index contributed by atoms with van der Waals surface area (Å²) in [6.07, 6.45) is 2.63. The number of para-hydroxylation sites is 1. The number of ether oxygens (including phenoxy) is 1. The maximum Gasteiger partial charge on any atom is 0.123 e. The lowest BCUT2D eigenvalue weighted by Crippen LogP contribution is -2.57. The SMILES string of the molecule is CCOc1ccccc1CNC1C2CCN(CC2)C1c1ccccc1. The Balaban J connectivity index is 1.54. The molecule has 0 spiro atoms. The predicted molar refractivity (Wildman–Crippen MR) is 102 cm³/mol. The van der Waals surface area contributed by atoms with E-state index in [1.165, 1.54) is 37.1 Å². The molecule has 3 heteroatoms. The lowest BCUT2D eigenvalue weighted by atomic mass is 9.76. The van der Waals surface area contributed by atoms with Gasteiger partial charge in [0.1, 0.15) is 5.75 Å². The lowest BCUT2D eigenvalue weighted by molar-refractivity contribution is 0.0112. The Morgan fingerprint density at radius 3 is 2.48 bits per heavy atom. The highest BCUT2D eigenvalue weighted by molar-refractivity contribution is 5.33. The Kier molecular flexibility index (Phi) is 5.04. The van der Waals surface area contributed by atoms with E-state index in [1.807, 2.05) is 6.92 Å². The normalized spacial score (nSPS) is 28.0. The molecule has 0 aliphatic carbocycles. The van der Waals surface area contributed by atoms with Crippen LogP contribution in [0.25, 0.3) is 0 Å². The van der Waals surface area contributed by atoms with Gasteiger partial charge in [-0.25, -0.2) is 0 Å². The topological polar surface area (TPSA) is 24.5 Å². The van der Waals surface area contributed by atoms with Crippen molar-refractivity contribution in [3.05, 3.63) is 65.7 Å². The van der Waals surface area contributed by atoms with Crippen LogP contribution >= 0.6 is 0 Å². The molecule has 0 aromatic heterocycles. The second-order valence-electron chi connectivity index (χ2n) is 7.18. The highest BCUT2D eigenvalue weighted by Gasteiger charge is 2.42. The largest absolute Gasteiger partial charge is 0.494 e. The lowest BCUT2D eigenvalue weighted by Gasteiger charge is -2.51. The van der Waals surface area contributed by atoms with Crippen molar-refractivity contribution in [2.24, 2.45) is 5.92 Å². The molecular weight excluding hydrogens is 308 g/mol. The molecule has 0 amide bonds. The molecule has 3 aliphatic heterocycles. The number of piperidine rings is 3. The maximum absolute atomic E-state index is 5.80. The van der Waals surface area contributed by atoms with Gasteiger partial charge in [0.15, 0.2) is 0 Å². The summed E-state index contributed by atoms with van der Waals surface area (Å²) in [4.78, 5) is 2.67. The minimum absolute atomic E-state index is 0.493. The van der Waals surface area contributed by atoms with Gasteiger partial charge in [0.25, 0.3) is 0 Å². The van der Waals surface area contributed by atoms with Crippen LogP contribution in [-0.2, 0) is 6.54 Å². The van der Waals surface area contributed by atoms with Crippen LogP contribution in [0.5, 0.6) is 5.75 Å². The summed E-state index contributed by atoms with van der Waals surface area (Å²) in [6.45, 7) is 6.09. The second kappa shape index (κ2) is 7.59. The number of hydrogen-bond acceptors (Lipinski definition) is 3. The number of benzene rings is 2. The molecule has 25 heavy (non-hydrogen) atoms. The van der Waals surface area contributed by atoms with Gasteiger partial charge in [-0.1, -0.05) is 48.5 Å². The maximum atomic E-state index is 5.80. The second-order valence-corrected chi connectivity index (χ2v) is 7.18. The van der Waals surface area contributed by atoms with E-state index in [0.29, 0.717) is 18.7 Å². The van der Waals surface area contributed by atoms with Gasteiger partial charge in [-0.15, -0.1) is 0 Å². The highest BCUT2D eigenvalue weighted by Crippen LogP contribution is 2.41. The third-order valence-electron chi connectivity index (χ3n) is 5.76. The minimum Gasteiger partial charge on any atom is -0.494 e. The van der Waals surface area contributed by atoms with Gasteiger partial charge in [0.2, 0.25) is 0 Å². The molecule has 2 unspecified atom stereocenters. The van der Waals surface area contributed by atoms with E-state index in [9.17, 15) is 0 Å². The first-order valence-electron chi connectivity index (χ1n) is 9.60. The Labute approximate surface area is 151 Å². The number of nitrogens with one attached hydrogen (secondary N) is 1. The molecule has 2 bridgehead atoms. The molecule has 2 atom stereocenters. The zero-order chi connectivity index (χ0) is 17.1. The zero-order valence-electron chi connectivity index (χ0n) is 15.0. The van der Waals surface area contributed by atoms with Gasteiger partial charge >= 0.3 is 0 Å². The number of fused-ring (bicyclic) bond motifs is 3. The molecule has 132 valence electrons. The number of rotatable bonds is 6. The van der Waals surface area contributed by atoms with E-state index in [-0.39, 0.29) is 0 Å². The van der Waals surface area contributed by atoms with Crippen LogP contribution in [0, 0.1) is 5.92 Å². The smallest absolute Gasteiger partial charge is 0.123 e. The summed E-state index contributed by atoms with van der Waals surface area (Å²) >= 11 is 0. The van der Waals surface area contributed by atoms with Crippen LogP contribution in [0.2, 0.25) is 0 Å². The quantitative estimate of drug-likeness (QED) is 0.862. The Morgan fingerprint density at radius 2 is 1.72 bits per heavy atom. The zero-order valence-corrected chi connectivity index (χ0v) is 15.0. The van der Waals surface area contributed by atoms with Crippen LogP contribution in [-0.4, -0.2) is 30.6 Å². The van der Waals surface area contributed by atoms with Crippen molar-refractivity contribution >= 4 is 0 Å². The molecule has 2 aromatic carbocycles. The third kappa shape index (κ3) is 3.44. The molecule has 3 nitrogen and oxygen atoms in total. The fraction of sp³-hybridized carbons (Fsp3) is 0.455. The molecular formula is C22H28N2O. The molecule has 3 aliphatic rings. The van der Waals surface area contributed by atoms with E-state index in [0.717, 1.165) is 18.2 Å². The minimum atomic E-state index is 0.493. The standard InChI is InChI=1S/C22H28N2O/c1-2-25-20-11-7-6-10-19(20)16-23-21-17-12-14-24(15-13-17)22(21)18-8-4-3-5-9-18/h3-11,17,21-23H,2,12-16H2,1H3. The third-order valence-corrected chi connectivity index (χ3v) is 5.76. The van der Waals surface area contributed by atoms with Crippen LogP contribution in [0.3, 0.4) is 0 Å². The van der Waals surface area contributed by atoms with E-state index < -0.39 is 0 Å². The van der Waals surface area contributed by atoms with Crippen molar-refractivity contribution in [3.63, 3.8) is 0 Å². The molecule has 3 heterocycles. The summed E-state index contributed by atoms with van der Waals surface area (Å²) in [6, 6.07) is 20.4. The van der Waals surface area contributed by atoms with Crippen molar-refractivity contribution in [2.45, 2.75) is 38.4 Å². The first-order chi connectivity index (χ1) is 12.4. The first kappa shape index (κ1) is 16.6. The Morgan fingerprint density at radius 1 is 1.00 bits per heavy atom. The molecule has 5 rings (SSSR count). The molecule has 1 N–H and O–H groups in total. The van der Waals surface area contributed by atoms with Gasteiger partial charge < -0.3 is 10.1 Å². The monoisotopic (exact) mass is 336 g/mol. The summed E-state index contributed by atoms with van der Waals surface area (Å²) < 4.78 is 5.80. The summed E-state index contributed by atoms with van der Waals surface area (Å²) in [7, 11) is 0. The average Bonchev–Trinajstić information content (AvgIpc) is 2.69. The van der Waals surface area contributed by atoms with Gasteiger partial charge in [0, 0.05) is 18.2 Å². The molecule has 3 saturated heterocycles. The van der Waals surface area contributed by atoms with E-state index >= 15 is 0 Å². The van der Waals surface area contributed by atoms with Crippen molar-refractivity contribution in [1.29, 1.82) is 0 Å². The Hall–Kier alpha value is -1.84. The number of nitrogens with zero attached hydrogens (tertiary/aromatic N) is 1. The summed E-state index contributed by atoms with van der Waals surface area (Å²) in [5, 5.41) is 3.90. The number of hydrogen-bond donors (Lipinski definition) is 1. The first-order valence-corrected chi connectivity index (χ1v) is 9.60. The highest BCUT2D eigenvalue weighted by atomic mass is 16.5. The van der Waals surface area contributed by atoms with Gasteiger partial charge in [0.05, 0.1) is 12.6 Å². The molecule has 0 radical (unpaired) electrons. The summed E-state index contributed by atoms with van der Waals surface area (Å²) in [5.74, 6) is 1.78. The van der Waals surface area contributed by atoms with Crippen molar-refractivity contribution in [3.8, 4) is 5.75 Å². The van der Waals surface area contributed by atoms with Crippen molar-refractivity contribution in [2.75, 3.05) is 19.7 Å². The van der Waals surface area contributed by atoms with E-state index in [2.05, 4.69) is 64.8 Å². The fourth-order valence-corrected chi connectivity index (χ4v) is 4.56. The van der Waals surface area contributed by atoms with Crippen molar-refractivity contribution in [1.82, 2.24) is 10.2 Å². The Bertz CT molecular complexity index is 679. The average molecular weight is 336 g/mol. The van der Waals surface area contributed by atoms with Gasteiger partial charge in [-0.05, 0) is 50.4 Å². The molecule has 0 saturated carbocycles. The predicted octanol–water partition coefficient (Wildman–Crippen LogP) is 4.01. The molecule has 2 aromatic rings. The molecule has 3 fully saturated rings. The van der Waals surface area contributed by atoms with Gasteiger partial charge in [-0.2, -0.15) is 0 Å². The van der Waals surface area contributed by atoms with Crippen LogP contribution < -0.4 is 10.1 Å². The van der Waals surface area contributed by atoms with Crippen LogP contribution in [0.1, 0.15) is 36.9 Å². The van der Waals surface area contributed by atoms with E-state index in [4.69, 9.17) is 4.74 Å².